The summed E-state index contributed by atoms with van der Waals surface area (Å²) in [6.45, 7) is 8.49. The highest BCUT2D eigenvalue weighted by Crippen LogP contribution is 2.28. The number of nitro benzene ring substituents is 1. The Morgan fingerprint density at radius 1 is 1.25 bits per heavy atom. The van der Waals surface area contributed by atoms with Crippen LogP contribution in [-0.4, -0.2) is 41.3 Å². The molecule has 1 aromatic carbocycles. The van der Waals surface area contributed by atoms with Crippen molar-refractivity contribution in [1.82, 2.24) is 5.01 Å². The molecule has 0 atom stereocenters. The molecule has 20 heavy (non-hydrogen) atoms. The molecular formula is C14H19N3O3. The van der Waals surface area contributed by atoms with Crippen LogP contribution in [0.15, 0.2) is 49.6 Å². The van der Waals surface area contributed by atoms with E-state index in [1.165, 1.54) is 6.07 Å². The fourth-order valence-electron chi connectivity index (χ4n) is 1.92. The van der Waals surface area contributed by atoms with E-state index in [2.05, 4.69) is 13.2 Å². The van der Waals surface area contributed by atoms with Gasteiger partial charge in [-0.3, -0.25) is 15.1 Å². The largest absolute Gasteiger partial charge is 0.394 e. The number of hydrogen-bond donors (Lipinski definition) is 1. The third-order valence-electron chi connectivity index (χ3n) is 2.69. The molecule has 0 aliphatic heterocycles. The van der Waals surface area contributed by atoms with Crippen molar-refractivity contribution in [2.45, 2.75) is 0 Å². The van der Waals surface area contributed by atoms with Crippen molar-refractivity contribution in [3.8, 4) is 0 Å². The van der Waals surface area contributed by atoms with Gasteiger partial charge in [-0.25, -0.2) is 5.01 Å². The first kappa shape index (κ1) is 15.9. The minimum Gasteiger partial charge on any atom is -0.394 e. The Hall–Kier alpha value is -2.18. The van der Waals surface area contributed by atoms with Gasteiger partial charge < -0.3 is 5.11 Å². The molecule has 0 unspecified atom stereocenters. The van der Waals surface area contributed by atoms with E-state index in [9.17, 15) is 15.2 Å². The molecule has 108 valence electrons. The van der Waals surface area contributed by atoms with Crippen molar-refractivity contribution >= 4 is 11.4 Å². The summed E-state index contributed by atoms with van der Waals surface area (Å²) >= 11 is 0. The Kier molecular flexibility index (Phi) is 6.42. The highest BCUT2D eigenvalue weighted by atomic mass is 16.6. The van der Waals surface area contributed by atoms with Crippen molar-refractivity contribution < 1.29 is 10.0 Å². The molecule has 6 nitrogen and oxygen atoms in total. The fourth-order valence-corrected chi connectivity index (χ4v) is 1.92. The van der Waals surface area contributed by atoms with Crippen molar-refractivity contribution in [2.24, 2.45) is 0 Å². The van der Waals surface area contributed by atoms with Gasteiger partial charge in [-0.05, 0) is 6.07 Å². The lowest BCUT2D eigenvalue weighted by molar-refractivity contribution is -0.384. The lowest BCUT2D eigenvalue weighted by atomic mass is 10.2. The van der Waals surface area contributed by atoms with Gasteiger partial charge in [0, 0.05) is 19.2 Å². The zero-order chi connectivity index (χ0) is 15.0. The molecule has 6 heteroatoms. The molecular weight excluding hydrogens is 258 g/mol. The maximum absolute atomic E-state index is 11.1. The van der Waals surface area contributed by atoms with Crippen molar-refractivity contribution in [1.29, 1.82) is 0 Å². The Labute approximate surface area is 118 Å². The number of aliphatic hydroxyl groups excluding tert-OH is 1. The minimum absolute atomic E-state index is 0.000857. The minimum atomic E-state index is -0.431. The number of anilines is 1. The number of hydrogen-bond acceptors (Lipinski definition) is 5. The van der Waals surface area contributed by atoms with Crippen molar-refractivity contribution in [3.63, 3.8) is 0 Å². The first-order valence-electron chi connectivity index (χ1n) is 6.24. The van der Waals surface area contributed by atoms with Gasteiger partial charge in [-0.1, -0.05) is 24.3 Å². The number of nitro groups is 1. The number of benzene rings is 1. The molecule has 0 aromatic heterocycles. The summed E-state index contributed by atoms with van der Waals surface area (Å²) in [6, 6.07) is 6.45. The van der Waals surface area contributed by atoms with Crippen molar-refractivity contribution in [2.75, 3.05) is 31.3 Å². The van der Waals surface area contributed by atoms with Crippen LogP contribution < -0.4 is 5.01 Å². The zero-order valence-corrected chi connectivity index (χ0v) is 11.3. The van der Waals surface area contributed by atoms with E-state index in [4.69, 9.17) is 0 Å². The third-order valence-corrected chi connectivity index (χ3v) is 2.69. The van der Waals surface area contributed by atoms with Gasteiger partial charge in [0.25, 0.3) is 5.69 Å². The van der Waals surface area contributed by atoms with E-state index in [0.29, 0.717) is 18.8 Å². The number of aliphatic hydroxyl groups is 1. The normalized spacial score (nSPS) is 10.3. The summed E-state index contributed by atoms with van der Waals surface area (Å²) in [4.78, 5) is 10.7. The lowest BCUT2D eigenvalue weighted by Gasteiger charge is -2.34. The van der Waals surface area contributed by atoms with Gasteiger partial charge in [-0.15, -0.1) is 13.2 Å². The summed E-state index contributed by atoms with van der Waals surface area (Å²) in [6.07, 6.45) is 3.39. The van der Waals surface area contributed by atoms with Crippen LogP contribution in [0.5, 0.6) is 0 Å². The smallest absolute Gasteiger partial charge is 0.293 e. The number of rotatable bonds is 9. The Morgan fingerprint density at radius 3 is 2.35 bits per heavy atom. The van der Waals surface area contributed by atoms with E-state index in [0.717, 1.165) is 0 Å². The van der Waals surface area contributed by atoms with Crippen LogP contribution in [0.25, 0.3) is 0 Å². The Bertz CT molecular complexity index is 466. The topological polar surface area (TPSA) is 69.8 Å². The quantitative estimate of drug-likeness (QED) is 0.424. The van der Waals surface area contributed by atoms with Crippen molar-refractivity contribution in [3.05, 3.63) is 59.7 Å². The van der Waals surface area contributed by atoms with Gasteiger partial charge in [0.05, 0.1) is 18.1 Å². The van der Waals surface area contributed by atoms with Crippen LogP contribution in [0, 0.1) is 10.1 Å². The maximum Gasteiger partial charge on any atom is 0.293 e. The summed E-state index contributed by atoms with van der Waals surface area (Å²) in [5, 5.41) is 23.9. The fraction of sp³-hybridized carbons (Fsp3) is 0.286. The first-order chi connectivity index (χ1) is 9.65. The number of para-hydroxylation sites is 2. The van der Waals surface area contributed by atoms with E-state index in [-0.39, 0.29) is 18.8 Å². The molecule has 0 aliphatic rings. The van der Waals surface area contributed by atoms with Gasteiger partial charge in [-0.2, -0.15) is 0 Å². The second kappa shape index (κ2) is 8.08. The third kappa shape index (κ3) is 3.91. The van der Waals surface area contributed by atoms with Crippen LogP contribution in [-0.2, 0) is 0 Å². The van der Waals surface area contributed by atoms with Gasteiger partial charge in [0.15, 0.2) is 0 Å². The molecule has 0 bridgehead atoms. The maximum atomic E-state index is 11.1. The Morgan fingerprint density at radius 2 is 1.85 bits per heavy atom. The van der Waals surface area contributed by atoms with E-state index < -0.39 is 4.92 Å². The predicted octanol–water partition coefficient (Wildman–Crippen LogP) is 1.98. The molecule has 1 rings (SSSR count). The van der Waals surface area contributed by atoms with E-state index in [1.54, 1.807) is 35.4 Å². The molecule has 0 spiro atoms. The Balaban J connectivity index is 3.20. The second-order valence-corrected chi connectivity index (χ2v) is 4.04. The van der Waals surface area contributed by atoms with Gasteiger partial charge in [0.2, 0.25) is 0 Å². The summed E-state index contributed by atoms with van der Waals surface area (Å²) < 4.78 is 0. The lowest BCUT2D eigenvalue weighted by Crippen LogP contribution is -2.45. The van der Waals surface area contributed by atoms with Crippen LogP contribution in [0.2, 0.25) is 0 Å². The standard InChI is InChI=1S/C14H19N3O3/c1-3-9-15(10-4-2)16(11-12-18)13-7-5-6-8-14(13)17(19)20/h3-8,18H,1-2,9-12H2. The predicted molar refractivity (Wildman–Crippen MR) is 79.5 cm³/mol. The second-order valence-electron chi connectivity index (χ2n) is 4.04. The molecule has 0 heterocycles. The van der Waals surface area contributed by atoms with E-state index in [1.807, 2.05) is 5.01 Å². The highest BCUT2D eigenvalue weighted by Gasteiger charge is 2.22. The molecule has 0 amide bonds. The summed E-state index contributed by atoms with van der Waals surface area (Å²) in [5.41, 5.74) is 0.439. The van der Waals surface area contributed by atoms with Crippen LogP contribution in [0.4, 0.5) is 11.4 Å². The average Bonchev–Trinajstić information content (AvgIpc) is 2.44. The van der Waals surface area contributed by atoms with Crippen LogP contribution >= 0.6 is 0 Å². The van der Waals surface area contributed by atoms with Gasteiger partial charge >= 0.3 is 0 Å². The summed E-state index contributed by atoms with van der Waals surface area (Å²) in [5.74, 6) is 0. The molecule has 0 fully saturated rings. The van der Waals surface area contributed by atoms with Crippen LogP contribution in [0.3, 0.4) is 0 Å². The zero-order valence-electron chi connectivity index (χ0n) is 11.3. The molecule has 0 radical (unpaired) electrons. The molecule has 0 saturated heterocycles. The molecule has 0 aliphatic carbocycles. The molecule has 1 N–H and O–H groups in total. The molecule has 0 saturated carbocycles. The SMILES string of the molecule is C=CCN(CC=C)N(CCO)c1ccccc1[N+](=O)[O-]. The number of nitrogens with zero attached hydrogens (tertiary/aromatic N) is 3. The van der Waals surface area contributed by atoms with Gasteiger partial charge in [0.1, 0.15) is 5.69 Å². The summed E-state index contributed by atoms with van der Waals surface area (Å²) in [7, 11) is 0. The number of hydrazine groups is 1. The molecule has 1 aromatic rings. The van der Waals surface area contributed by atoms with Crippen LogP contribution in [0.1, 0.15) is 0 Å². The highest BCUT2D eigenvalue weighted by molar-refractivity contribution is 5.62. The monoisotopic (exact) mass is 277 g/mol. The first-order valence-corrected chi connectivity index (χ1v) is 6.24. The van der Waals surface area contributed by atoms with E-state index >= 15 is 0 Å². The average molecular weight is 277 g/mol.